The average Bonchev–Trinajstić information content (AvgIpc) is 3.06. The van der Waals surface area contributed by atoms with Crippen LogP contribution in [0.3, 0.4) is 0 Å². The van der Waals surface area contributed by atoms with Crippen molar-refractivity contribution in [1.82, 2.24) is 24.9 Å². The number of aromatic nitrogens is 4. The molecule has 0 aliphatic heterocycles. The first-order valence-corrected chi connectivity index (χ1v) is 10.0. The number of benzene rings is 2. The lowest BCUT2D eigenvalue weighted by molar-refractivity contribution is 0.0943. The molecule has 4 rings (SSSR count). The standard InChI is InChI=1S/C24H23N5O2/c1-16-14-22(30)23(27-28(16)19-10-6-4-7-11-19)24(31)25-15-21-17(2)26-29(18(21)3)20-12-8-5-9-13-20/h4-14H,15H2,1-3H3,(H,25,31). The van der Waals surface area contributed by atoms with E-state index in [2.05, 4.69) is 15.5 Å². The minimum absolute atomic E-state index is 0.139. The minimum Gasteiger partial charge on any atom is -0.346 e. The Morgan fingerprint density at radius 3 is 2.06 bits per heavy atom. The topological polar surface area (TPSA) is 81.8 Å². The summed E-state index contributed by atoms with van der Waals surface area (Å²) in [6.45, 7) is 5.90. The Morgan fingerprint density at radius 1 is 0.871 bits per heavy atom. The van der Waals surface area contributed by atoms with Gasteiger partial charge in [-0.1, -0.05) is 36.4 Å². The summed E-state index contributed by atoms with van der Waals surface area (Å²) in [6, 6.07) is 20.6. The summed E-state index contributed by atoms with van der Waals surface area (Å²) in [7, 11) is 0. The van der Waals surface area contributed by atoms with E-state index in [-0.39, 0.29) is 12.2 Å². The van der Waals surface area contributed by atoms with Gasteiger partial charge in [-0.05, 0) is 45.0 Å². The molecule has 1 N–H and O–H groups in total. The van der Waals surface area contributed by atoms with Crippen LogP contribution in [-0.4, -0.2) is 25.5 Å². The lowest BCUT2D eigenvalue weighted by atomic mass is 10.2. The van der Waals surface area contributed by atoms with E-state index in [1.54, 1.807) is 11.6 Å². The Morgan fingerprint density at radius 2 is 1.45 bits per heavy atom. The molecule has 4 aromatic rings. The second-order valence-electron chi connectivity index (χ2n) is 7.33. The maximum atomic E-state index is 12.8. The highest BCUT2D eigenvalue weighted by atomic mass is 16.2. The molecule has 2 heterocycles. The molecule has 31 heavy (non-hydrogen) atoms. The summed E-state index contributed by atoms with van der Waals surface area (Å²) in [5.74, 6) is -0.513. The Hall–Kier alpha value is -4.00. The summed E-state index contributed by atoms with van der Waals surface area (Å²) in [5.41, 5.74) is 4.51. The van der Waals surface area contributed by atoms with E-state index in [0.29, 0.717) is 5.69 Å². The summed E-state index contributed by atoms with van der Waals surface area (Å²) in [4.78, 5) is 25.3. The number of amides is 1. The van der Waals surface area contributed by atoms with E-state index in [1.165, 1.54) is 6.07 Å². The molecular formula is C24H23N5O2. The molecular weight excluding hydrogens is 390 g/mol. The van der Waals surface area contributed by atoms with Crippen LogP contribution in [-0.2, 0) is 6.54 Å². The van der Waals surface area contributed by atoms with Crippen LogP contribution in [0, 0.1) is 20.8 Å². The van der Waals surface area contributed by atoms with Gasteiger partial charge in [0.25, 0.3) is 5.91 Å². The van der Waals surface area contributed by atoms with Crippen molar-refractivity contribution >= 4 is 5.91 Å². The van der Waals surface area contributed by atoms with E-state index < -0.39 is 11.3 Å². The maximum absolute atomic E-state index is 12.8. The van der Waals surface area contributed by atoms with Crippen LogP contribution < -0.4 is 10.7 Å². The van der Waals surface area contributed by atoms with E-state index in [1.807, 2.05) is 79.2 Å². The fourth-order valence-electron chi connectivity index (χ4n) is 3.54. The fraction of sp³-hybridized carbons (Fsp3) is 0.167. The number of nitrogens with zero attached hydrogens (tertiary/aromatic N) is 4. The Labute approximate surface area is 180 Å². The van der Waals surface area contributed by atoms with Crippen molar-refractivity contribution in [3.8, 4) is 11.4 Å². The first kappa shape index (κ1) is 20.3. The summed E-state index contributed by atoms with van der Waals surface area (Å²) in [6.07, 6.45) is 0. The molecule has 0 bridgehead atoms. The van der Waals surface area contributed by atoms with Crippen LogP contribution in [0.1, 0.15) is 33.1 Å². The number of carbonyl (C=O) groups excluding carboxylic acids is 1. The van der Waals surface area contributed by atoms with Crippen molar-refractivity contribution in [2.45, 2.75) is 27.3 Å². The van der Waals surface area contributed by atoms with Crippen molar-refractivity contribution < 1.29 is 4.79 Å². The monoisotopic (exact) mass is 413 g/mol. The van der Waals surface area contributed by atoms with Gasteiger partial charge in [-0.2, -0.15) is 10.2 Å². The number of hydrogen-bond acceptors (Lipinski definition) is 4. The van der Waals surface area contributed by atoms with Crippen LogP contribution in [0.5, 0.6) is 0 Å². The van der Waals surface area contributed by atoms with Gasteiger partial charge in [0.2, 0.25) is 5.43 Å². The van der Waals surface area contributed by atoms with Crippen molar-refractivity contribution in [2.24, 2.45) is 0 Å². The van der Waals surface area contributed by atoms with Crippen molar-refractivity contribution in [3.05, 3.63) is 105 Å². The second kappa shape index (κ2) is 8.39. The van der Waals surface area contributed by atoms with E-state index in [0.717, 1.165) is 28.3 Å². The molecule has 2 aromatic heterocycles. The molecule has 1 amide bonds. The number of carbonyl (C=O) groups is 1. The lowest BCUT2D eigenvalue weighted by Crippen LogP contribution is -2.31. The molecule has 0 radical (unpaired) electrons. The highest BCUT2D eigenvalue weighted by Gasteiger charge is 2.18. The van der Waals surface area contributed by atoms with Gasteiger partial charge in [0, 0.05) is 29.6 Å². The number of rotatable bonds is 5. The van der Waals surface area contributed by atoms with E-state index >= 15 is 0 Å². The molecule has 0 atom stereocenters. The van der Waals surface area contributed by atoms with Gasteiger partial charge < -0.3 is 5.32 Å². The van der Waals surface area contributed by atoms with Crippen LogP contribution in [0.4, 0.5) is 0 Å². The number of aryl methyl sites for hydroxylation is 2. The second-order valence-corrected chi connectivity index (χ2v) is 7.33. The van der Waals surface area contributed by atoms with Gasteiger partial charge in [0.05, 0.1) is 17.1 Å². The molecule has 0 saturated carbocycles. The molecule has 0 fully saturated rings. The molecule has 0 spiro atoms. The smallest absolute Gasteiger partial charge is 0.276 e. The average molecular weight is 413 g/mol. The van der Waals surface area contributed by atoms with E-state index in [9.17, 15) is 9.59 Å². The van der Waals surface area contributed by atoms with Crippen LogP contribution in [0.2, 0.25) is 0 Å². The molecule has 0 saturated heterocycles. The Kier molecular flexibility index (Phi) is 5.49. The zero-order valence-electron chi connectivity index (χ0n) is 17.7. The largest absolute Gasteiger partial charge is 0.346 e. The predicted octanol–water partition coefficient (Wildman–Crippen LogP) is 3.27. The van der Waals surface area contributed by atoms with Gasteiger partial charge in [-0.3, -0.25) is 9.59 Å². The third-order valence-electron chi connectivity index (χ3n) is 5.19. The van der Waals surface area contributed by atoms with E-state index in [4.69, 9.17) is 0 Å². The molecule has 7 nitrogen and oxygen atoms in total. The molecule has 2 aromatic carbocycles. The number of para-hydroxylation sites is 2. The summed E-state index contributed by atoms with van der Waals surface area (Å²) in [5, 5.41) is 11.8. The van der Waals surface area contributed by atoms with Gasteiger partial charge in [-0.25, -0.2) is 9.36 Å². The normalized spacial score (nSPS) is 10.8. The minimum atomic E-state index is -0.513. The Bertz CT molecular complexity index is 1290. The van der Waals surface area contributed by atoms with Crippen molar-refractivity contribution in [2.75, 3.05) is 0 Å². The lowest BCUT2D eigenvalue weighted by Gasteiger charge is -2.11. The first-order valence-electron chi connectivity index (χ1n) is 10.0. The number of hydrogen-bond donors (Lipinski definition) is 1. The van der Waals surface area contributed by atoms with Gasteiger partial charge in [0.1, 0.15) is 0 Å². The summed E-state index contributed by atoms with van der Waals surface area (Å²) >= 11 is 0. The third kappa shape index (κ3) is 4.02. The molecule has 7 heteroatoms. The molecule has 0 aliphatic carbocycles. The van der Waals surface area contributed by atoms with Crippen LogP contribution in [0.15, 0.2) is 71.5 Å². The zero-order valence-corrected chi connectivity index (χ0v) is 17.7. The van der Waals surface area contributed by atoms with Crippen molar-refractivity contribution in [3.63, 3.8) is 0 Å². The van der Waals surface area contributed by atoms with Gasteiger partial charge >= 0.3 is 0 Å². The Balaban J connectivity index is 1.59. The van der Waals surface area contributed by atoms with Crippen molar-refractivity contribution in [1.29, 1.82) is 0 Å². The maximum Gasteiger partial charge on any atom is 0.276 e. The number of nitrogens with one attached hydrogen (secondary N) is 1. The molecule has 0 unspecified atom stereocenters. The molecule has 0 aliphatic rings. The molecule has 156 valence electrons. The fourth-order valence-corrected chi connectivity index (χ4v) is 3.54. The third-order valence-corrected chi connectivity index (χ3v) is 5.19. The SMILES string of the molecule is Cc1nn(-c2ccccc2)c(C)c1CNC(=O)c1nn(-c2ccccc2)c(C)cc1=O. The van der Waals surface area contributed by atoms with Crippen LogP contribution in [0.25, 0.3) is 11.4 Å². The predicted molar refractivity (Wildman–Crippen MR) is 119 cm³/mol. The van der Waals surface area contributed by atoms with Crippen LogP contribution >= 0.6 is 0 Å². The highest BCUT2D eigenvalue weighted by molar-refractivity contribution is 5.92. The quantitative estimate of drug-likeness (QED) is 0.544. The zero-order chi connectivity index (χ0) is 22.0. The first-order chi connectivity index (χ1) is 15.0. The highest BCUT2D eigenvalue weighted by Crippen LogP contribution is 2.17. The van der Waals surface area contributed by atoms with Gasteiger partial charge in [-0.15, -0.1) is 0 Å². The van der Waals surface area contributed by atoms with Gasteiger partial charge in [0.15, 0.2) is 5.69 Å². The summed E-state index contributed by atoms with van der Waals surface area (Å²) < 4.78 is 3.45.